The van der Waals surface area contributed by atoms with Crippen LogP contribution >= 0.6 is 0 Å². The Kier molecular flexibility index (Phi) is 8.92. The highest BCUT2D eigenvalue weighted by Gasteiger charge is 2.21. The van der Waals surface area contributed by atoms with Gasteiger partial charge in [0.15, 0.2) is 0 Å². The number of anilines is 1. The first-order valence-electron chi connectivity index (χ1n) is 8.32. The van der Waals surface area contributed by atoms with Crippen molar-refractivity contribution >= 4 is 29.2 Å². The summed E-state index contributed by atoms with van der Waals surface area (Å²) in [7, 11) is 0. The zero-order valence-electron chi connectivity index (χ0n) is 14.9. The molecule has 0 saturated carbocycles. The fraction of sp³-hybridized carbons (Fsp3) is 0.444. The van der Waals surface area contributed by atoms with Gasteiger partial charge < -0.3 is 10.1 Å². The van der Waals surface area contributed by atoms with Crippen molar-refractivity contribution in [1.29, 1.82) is 0 Å². The molecule has 0 fully saturated rings. The number of carbonyl (C=O) groups excluding carboxylic acids is 3. The van der Waals surface area contributed by atoms with E-state index in [0.717, 1.165) is 0 Å². The van der Waals surface area contributed by atoms with E-state index in [1.54, 1.807) is 26.0 Å². The predicted octanol–water partition coefficient (Wildman–Crippen LogP) is 2.49. The van der Waals surface area contributed by atoms with E-state index in [4.69, 9.17) is 4.74 Å². The lowest BCUT2D eigenvalue weighted by Gasteiger charge is -2.13. The summed E-state index contributed by atoms with van der Waals surface area (Å²) in [6.07, 6.45) is 0.583. The smallest absolute Gasteiger partial charge is 0.314 e. The van der Waals surface area contributed by atoms with Gasteiger partial charge in [-0.2, -0.15) is 5.10 Å². The lowest BCUT2D eigenvalue weighted by Crippen LogP contribution is -2.27. The van der Waals surface area contributed by atoms with Crippen LogP contribution < -0.4 is 10.7 Å². The Hall–Kier alpha value is -2.70. The number of amides is 2. The van der Waals surface area contributed by atoms with Gasteiger partial charge in [0.1, 0.15) is 0 Å². The van der Waals surface area contributed by atoms with Crippen molar-refractivity contribution in [1.82, 2.24) is 5.43 Å². The van der Waals surface area contributed by atoms with Crippen molar-refractivity contribution in [3.8, 4) is 0 Å². The number of nitrogens with one attached hydrogen (secondary N) is 2. The van der Waals surface area contributed by atoms with Crippen LogP contribution in [0.5, 0.6) is 0 Å². The number of benzene rings is 1. The Bertz CT molecular complexity index is 614. The summed E-state index contributed by atoms with van der Waals surface area (Å²) in [6.45, 7) is 5.54. The van der Waals surface area contributed by atoms with Crippen molar-refractivity contribution < 1.29 is 19.1 Å². The molecule has 0 radical (unpaired) electrons. The number of rotatable bonds is 9. The molecule has 0 heterocycles. The SMILES string of the molecule is CCOC(=O)C(CC)/C(C)=N/NC(=O)CCC(=O)Nc1ccccc1. The molecule has 0 aliphatic heterocycles. The Morgan fingerprint density at radius 3 is 2.32 bits per heavy atom. The number of carbonyl (C=O) groups is 3. The van der Waals surface area contributed by atoms with Crippen LogP contribution in [-0.2, 0) is 19.1 Å². The first-order chi connectivity index (χ1) is 12.0. The molecule has 0 aromatic heterocycles. The zero-order valence-corrected chi connectivity index (χ0v) is 14.9. The molecule has 1 rings (SSSR count). The second-order valence-corrected chi connectivity index (χ2v) is 5.42. The molecule has 0 bridgehead atoms. The summed E-state index contributed by atoms with van der Waals surface area (Å²) < 4.78 is 4.97. The predicted molar refractivity (Wildman–Crippen MR) is 96.0 cm³/mol. The van der Waals surface area contributed by atoms with E-state index in [1.165, 1.54) is 0 Å². The number of hydrazone groups is 1. The van der Waals surface area contributed by atoms with Gasteiger partial charge in [-0.1, -0.05) is 25.1 Å². The van der Waals surface area contributed by atoms with E-state index in [0.29, 0.717) is 24.4 Å². The van der Waals surface area contributed by atoms with Gasteiger partial charge in [0.2, 0.25) is 11.8 Å². The minimum Gasteiger partial charge on any atom is -0.465 e. The first kappa shape index (κ1) is 20.3. The summed E-state index contributed by atoms with van der Waals surface area (Å²) in [6, 6.07) is 9.02. The average Bonchev–Trinajstić information content (AvgIpc) is 2.60. The van der Waals surface area contributed by atoms with E-state index in [-0.39, 0.29) is 30.6 Å². The number of esters is 1. The lowest BCUT2D eigenvalue weighted by molar-refractivity contribution is -0.145. The summed E-state index contributed by atoms with van der Waals surface area (Å²) >= 11 is 0. The van der Waals surface area contributed by atoms with Crippen LogP contribution in [0.4, 0.5) is 5.69 Å². The fourth-order valence-electron chi connectivity index (χ4n) is 2.13. The number of para-hydroxylation sites is 1. The van der Waals surface area contributed by atoms with E-state index in [1.807, 2.05) is 25.1 Å². The van der Waals surface area contributed by atoms with Crippen LogP contribution in [0.15, 0.2) is 35.4 Å². The molecule has 2 amide bonds. The molecule has 7 heteroatoms. The third-order valence-corrected chi connectivity index (χ3v) is 3.48. The highest BCUT2D eigenvalue weighted by atomic mass is 16.5. The quantitative estimate of drug-likeness (QED) is 0.407. The van der Waals surface area contributed by atoms with Crippen LogP contribution in [0, 0.1) is 5.92 Å². The standard InChI is InChI=1S/C18H25N3O4/c1-4-15(18(24)25-5-2)13(3)20-21-17(23)12-11-16(22)19-14-9-7-6-8-10-14/h6-10,15H,4-5,11-12H2,1-3H3,(H,19,22)(H,21,23)/b20-13+. The maximum absolute atomic E-state index is 11.8. The second-order valence-electron chi connectivity index (χ2n) is 5.42. The summed E-state index contributed by atoms with van der Waals surface area (Å²) in [5.74, 6) is -1.48. The van der Waals surface area contributed by atoms with E-state index < -0.39 is 5.92 Å². The fourth-order valence-corrected chi connectivity index (χ4v) is 2.13. The summed E-state index contributed by atoms with van der Waals surface area (Å²) in [5, 5.41) is 6.65. The Balaban J connectivity index is 2.42. The molecule has 0 saturated heterocycles. The molecule has 0 spiro atoms. The third-order valence-electron chi connectivity index (χ3n) is 3.48. The molecule has 7 nitrogen and oxygen atoms in total. The largest absolute Gasteiger partial charge is 0.465 e. The van der Waals surface area contributed by atoms with E-state index in [9.17, 15) is 14.4 Å². The lowest BCUT2D eigenvalue weighted by atomic mass is 10.0. The van der Waals surface area contributed by atoms with Gasteiger partial charge in [-0.25, -0.2) is 5.43 Å². The maximum Gasteiger partial charge on any atom is 0.314 e. The highest BCUT2D eigenvalue weighted by Crippen LogP contribution is 2.08. The van der Waals surface area contributed by atoms with Gasteiger partial charge in [0.05, 0.1) is 12.5 Å². The molecule has 136 valence electrons. The molecule has 0 aliphatic rings. The molecular weight excluding hydrogens is 322 g/mol. The maximum atomic E-state index is 11.8. The molecule has 1 atom stereocenters. The van der Waals surface area contributed by atoms with Crippen molar-refractivity contribution in [2.75, 3.05) is 11.9 Å². The molecular formula is C18H25N3O4. The van der Waals surface area contributed by atoms with Gasteiger partial charge in [0.25, 0.3) is 0 Å². The first-order valence-corrected chi connectivity index (χ1v) is 8.32. The van der Waals surface area contributed by atoms with Crippen LogP contribution in [0.1, 0.15) is 40.0 Å². The Morgan fingerprint density at radius 2 is 1.72 bits per heavy atom. The van der Waals surface area contributed by atoms with Gasteiger partial charge in [-0.15, -0.1) is 0 Å². The van der Waals surface area contributed by atoms with Gasteiger partial charge in [-0.3, -0.25) is 14.4 Å². The van der Waals surface area contributed by atoms with Crippen LogP contribution in [0.2, 0.25) is 0 Å². The molecule has 1 aromatic rings. The van der Waals surface area contributed by atoms with Gasteiger partial charge in [0, 0.05) is 24.2 Å². The van der Waals surface area contributed by atoms with E-state index >= 15 is 0 Å². The van der Waals surface area contributed by atoms with Gasteiger partial charge >= 0.3 is 5.97 Å². The minimum atomic E-state index is -0.485. The molecule has 2 N–H and O–H groups in total. The Labute approximate surface area is 147 Å². The summed E-state index contributed by atoms with van der Waals surface area (Å²) in [5.41, 5.74) is 3.53. The summed E-state index contributed by atoms with van der Waals surface area (Å²) in [4.78, 5) is 35.4. The number of hydrogen-bond donors (Lipinski definition) is 2. The molecule has 1 aromatic carbocycles. The Morgan fingerprint density at radius 1 is 1.08 bits per heavy atom. The topological polar surface area (TPSA) is 96.9 Å². The number of hydrogen-bond acceptors (Lipinski definition) is 5. The molecule has 1 unspecified atom stereocenters. The van der Waals surface area contributed by atoms with Crippen molar-refractivity contribution in [2.45, 2.75) is 40.0 Å². The monoisotopic (exact) mass is 347 g/mol. The van der Waals surface area contributed by atoms with Crippen LogP contribution in [0.3, 0.4) is 0 Å². The number of ether oxygens (including phenoxy) is 1. The average molecular weight is 347 g/mol. The van der Waals surface area contributed by atoms with Crippen molar-refractivity contribution in [2.24, 2.45) is 11.0 Å². The van der Waals surface area contributed by atoms with Crippen LogP contribution in [-0.4, -0.2) is 30.1 Å². The van der Waals surface area contributed by atoms with Gasteiger partial charge in [-0.05, 0) is 32.4 Å². The minimum absolute atomic E-state index is 0.00560. The zero-order chi connectivity index (χ0) is 18.7. The third kappa shape index (κ3) is 7.60. The molecule has 25 heavy (non-hydrogen) atoms. The number of nitrogens with zero attached hydrogens (tertiary/aromatic N) is 1. The normalized spacial score (nSPS) is 12.2. The van der Waals surface area contributed by atoms with E-state index in [2.05, 4.69) is 15.8 Å². The van der Waals surface area contributed by atoms with Crippen LogP contribution in [0.25, 0.3) is 0 Å². The second kappa shape index (κ2) is 11.0. The van der Waals surface area contributed by atoms with Crippen molar-refractivity contribution in [3.05, 3.63) is 30.3 Å². The highest BCUT2D eigenvalue weighted by molar-refractivity contribution is 6.01. The van der Waals surface area contributed by atoms with Crippen molar-refractivity contribution in [3.63, 3.8) is 0 Å². The molecule has 0 aliphatic carbocycles.